The first-order valence-electron chi connectivity index (χ1n) is 7.65. The fourth-order valence-electron chi connectivity index (χ4n) is 2.68. The molecule has 1 rings (SSSR count). The van der Waals surface area contributed by atoms with E-state index in [1.807, 2.05) is 34.6 Å². The zero-order valence-electron chi connectivity index (χ0n) is 15.1. The number of hydrogen-bond acceptors (Lipinski definition) is 4. The van der Waals surface area contributed by atoms with E-state index in [0.29, 0.717) is 11.3 Å². The Hall–Kier alpha value is -1.40. The molecule has 0 aliphatic heterocycles. The van der Waals surface area contributed by atoms with Crippen molar-refractivity contribution >= 4 is 16.0 Å². The van der Waals surface area contributed by atoms with Gasteiger partial charge in [-0.2, -0.15) is 0 Å². The summed E-state index contributed by atoms with van der Waals surface area (Å²) >= 11 is 0. The number of sulfonamides is 1. The average Bonchev–Trinajstić information content (AvgIpc) is 2.50. The molecule has 0 saturated heterocycles. The monoisotopic (exact) mass is 341 g/mol. The van der Waals surface area contributed by atoms with Crippen molar-refractivity contribution in [3.8, 4) is 0 Å². The maximum absolute atomic E-state index is 12.9. The molecule has 1 aromatic carbocycles. The third kappa shape index (κ3) is 3.93. The van der Waals surface area contributed by atoms with E-state index >= 15 is 0 Å². The molecule has 0 amide bonds. The minimum atomic E-state index is -3.59. The predicted molar refractivity (Wildman–Crippen MR) is 91.2 cm³/mol. The quantitative estimate of drug-likeness (QED) is 0.746. The van der Waals surface area contributed by atoms with Crippen molar-refractivity contribution in [2.45, 2.75) is 52.4 Å². The molecule has 23 heavy (non-hydrogen) atoms. The highest BCUT2D eigenvalue weighted by molar-refractivity contribution is 7.89. The summed E-state index contributed by atoms with van der Waals surface area (Å²) in [7, 11) is -0.707. The van der Waals surface area contributed by atoms with Crippen LogP contribution in [0.2, 0.25) is 0 Å². The van der Waals surface area contributed by atoms with E-state index in [4.69, 9.17) is 0 Å². The summed E-state index contributed by atoms with van der Waals surface area (Å²) in [4.78, 5) is 11.5. The summed E-state index contributed by atoms with van der Waals surface area (Å²) in [5, 5.41) is 0. The van der Waals surface area contributed by atoms with Crippen LogP contribution in [0.3, 0.4) is 0 Å². The number of benzene rings is 1. The molecule has 0 spiro atoms. The van der Waals surface area contributed by atoms with Crippen molar-refractivity contribution < 1.29 is 17.9 Å². The Labute approximate surface area is 139 Å². The molecule has 130 valence electrons. The Bertz CT molecular complexity index is 679. The maximum atomic E-state index is 12.9. The van der Waals surface area contributed by atoms with Crippen LogP contribution in [0.5, 0.6) is 0 Å². The van der Waals surface area contributed by atoms with Crippen molar-refractivity contribution in [3.63, 3.8) is 0 Å². The molecule has 5 nitrogen and oxygen atoms in total. The van der Waals surface area contributed by atoms with Crippen LogP contribution in [0.25, 0.3) is 0 Å². The Balaban J connectivity index is 3.17. The number of carbonyl (C=O) groups excluding carboxylic acids is 1. The van der Waals surface area contributed by atoms with Crippen LogP contribution in [0, 0.1) is 34.6 Å². The van der Waals surface area contributed by atoms with E-state index in [-0.39, 0.29) is 18.9 Å². The SMILES string of the molecule is COC(=O)CCCN(C)S(=O)(=O)c1c(C)c(C)c(C)c(C)c1C. The number of hydrogen-bond donors (Lipinski definition) is 0. The van der Waals surface area contributed by atoms with E-state index in [9.17, 15) is 13.2 Å². The van der Waals surface area contributed by atoms with Crippen molar-refractivity contribution in [3.05, 3.63) is 27.8 Å². The van der Waals surface area contributed by atoms with Gasteiger partial charge in [-0.1, -0.05) is 0 Å². The summed E-state index contributed by atoms with van der Waals surface area (Å²) in [5.41, 5.74) is 4.74. The highest BCUT2D eigenvalue weighted by atomic mass is 32.2. The lowest BCUT2D eigenvalue weighted by atomic mass is 9.95. The minimum absolute atomic E-state index is 0.209. The Kier molecular flexibility index (Phi) is 6.36. The summed E-state index contributed by atoms with van der Waals surface area (Å²) < 4.78 is 31.8. The first kappa shape index (κ1) is 19.6. The van der Waals surface area contributed by atoms with Crippen LogP contribution >= 0.6 is 0 Å². The first-order chi connectivity index (χ1) is 10.6. The predicted octanol–water partition coefficient (Wildman–Crippen LogP) is 2.80. The van der Waals surface area contributed by atoms with Gasteiger partial charge in [-0.05, 0) is 68.9 Å². The Morgan fingerprint density at radius 1 is 0.957 bits per heavy atom. The maximum Gasteiger partial charge on any atom is 0.305 e. The zero-order chi connectivity index (χ0) is 17.9. The van der Waals surface area contributed by atoms with Gasteiger partial charge in [0, 0.05) is 20.0 Å². The molecule has 6 heteroatoms. The zero-order valence-corrected chi connectivity index (χ0v) is 15.9. The molecular formula is C17H27NO4S. The topological polar surface area (TPSA) is 63.7 Å². The van der Waals surface area contributed by atoms with Crippen LogP contribution in [-0.4, -0.2) is 39.4 Å². The third-order valence-electron chi connectivity index (χ3n) is 4.68. The van der Waals surface area contributed by atoms with Crippen LogP contribution in [0.1, 0.15) is 40.7 Å². The number of rotatable bonds is 6. The van der Waals surface area contributed by atoms with Crippen molar-refractivity contribution in [1.29, 1.82) is 0 Å². The van der Waals surface area contributed by atoms with Gasteiger partial charge in [-0.15, -0.1) is 0 Å². The fourth-order valence-corrected chi connectivity index (χ4v) is 4.44. The molecule has 0 radical (unpaired) electrons. The molecule has 0 fully saturated rings. The summed E-state index contributed by atoms with van der Waals surface area (Å²) in [6.45, 7) is 9.90. The number of ether oxygens (including phenoxy) is 1. The Morgan fingerprint density at radius 3 is 1.83 bits per heavy atom. The van der Waals surface area contributed by atoms with E-state index in [2.05, 4.69) is 4.74 Å². The first-order valence-corrected chi connectivity index (χ1v) is 9.09. The second-order valence-corrected chi connectivity index (χ2v) is 7.94. The molecule has 0 unspecified atom stereocenters. The smallest absolute Gasteiger partial charge is 0.305 e. The third-order valence-corrected chi connectivity index (χ3v) is 6.81. The highest BCUT2D eigenvalue weighted by Gasteiger charge is 2.27. The van der Waals surface area contributed by atoms with Crippen LogP contribution in [0.4, 0.5) is 0 Å². The van der Waals surface area contributed by atoms with E-state index in [0.717, 1.165) is 27.8 Å². The van der Waals surface area contributed by atoms with Gasteiger partial charge in [0.25, 0.3) is 0 Å². The van der Waals surface area contributed by atoms with Crippen molar-refractivity contribution in [2.75, 3.05) is 20.7 Å². The summed E-state index contributed by atoms with van der Waals surface area (Å²) in [6, 6.07) is 0. The number of nitrogens with zero attached hydrogens (tertiary/aromatic N) is 1. The van der Waals surface area contributed by atoms with E-state index in [1.54, 1.807) is 7.05 Å². The molecule has 0 bridgehead atoms. The standard InChI is InChI=1S/C17H27NO4S/c1-11-12(2)14(4)17(15(5)13(11)3)23(20,21)18(6)10-8-9-16(19)22-7/h8-10H2,1-7H3. The van der Waals surface area contributed by atoms with Crippen molar-refractivity contribution in [2.24, 2.45) is 0 Å². The number of methoxy groups -OCH3 is 1. The van der Waals surface area contributed by atoms with Gasteiger partial charge in [0.2, 0.25) is 10.0 Å². The largest absolute Gasteiger partial charge is 0.469 e. The van der Waals surface area contributed by atoms with Crippen LogP contribution in [0.15, 0.2) is 4.90 Å². The van der Waals surface area contributed by atoms with E-state index < -0.39 is 10.0 Å². The molecule has 0 atom stereocenters. The van der Waals surface area contributed by atoms with Crippen molar-refractivity contribution in [1.82, 2.24) is 4.31 Å². The Morgan fingerprint density at radius 2 is 1.39 bits per heavy atom. The number of esters is 1. The fraction of sp³-hybridized carbons (Fsp3) is 0.588. The molecule has 0 N–H and O–H groups in total. The lowest BCUT2D eigenvalue weighted by Gasteiger charge is -2.23. The molecule has 0 aromatic heterocycles. The van der Waals surface area contributed by atoms with Gasteiger partial charge in [0.1, 0.15) is 0 Å². The van der Waals surface area contributed by atoms with Gasteiger partial charge in [0.05, 0.1) is 12.0 Å². The average molecular weight is 341 g/mol. The van der Waals surface area contributed by atoms with Crippen LogP contribution in [-0.2, 0) is 19.6 Å². The summed E-state index contributed by atoms with van der Waals surface area (Å²) in [5.74, 6) is -0.329. The number of carbonyl (C=O) groups is 1. The molecule has 0 aliphatic rings. The van der Waals surface area contributed by atoms with Gasteiger partial charge in [0.15, 0.2) is 0 Å². The molecule has 0 saturated carbocycles. The lowest BCUT2D eigenvalue weighted by molar-refractivity contribution is -0.140. The van der Waals surface area contributed by atoms with Crippen LogP contribution < -0.4 is 0 Å². The highest BCUT2D eigenvalue weighted by Crippen LogP contribution is 2.31. The van der Waals surface area contributed by atoms with Gasteiger partial charge < -0.3 is 4.74 Å². The van der Waals surface area contributed by atoms with E-state index in [1.165, 1.54) is 11.4 Å². The minimum Gasteiger partial charge on any atom is -0.469 e. The molecule has 0 heterocycles. The second-order valence-electron chi connectivity index (χ2n) is 5.96. The second kappa shape index (κ2) is 7.45. The van der Waals surface area contributed by atoms with Gasteiger partial charge >= 0.3 is 5.97 Å². The molecule has 0 aliphatic carbocycles. The molecular weight excluding hydrogens is 314 g/mol. The van der Waals surface area contributed by atoms with Gasteiger partial charge in [-0.3, -0.25) is 4.79 Å². The molecule has 1 aromatic rings. The lowest BCUT2D eigenvalue weighted by Crippen LogP contribution is -2.30. The van der Waals surface area contributed by atoms with Gasteiger partial charge in [-0.25, -0.2) is 12.7 Å². The normalized spacial score (nSPS) is 11.8. The summed E-state index contributed by atoms with van der Waals surface area (Å²) in [6.07, 6.45) is 0.643.